The van der Waals surface area contributed by atoms with E-state index in [1.165, 1.54) is 12.8 Å². The molecule has 1 fully saturated rings. The van der Waals surface area contributed by atoms with Crippen LogP contribution in [0.15, 0.2) is 18.3 Å². The fourth-order valence-corrected chi connectivity index (χ4v) is 2.62. The van der Waals surface area contributed by atoms with Crippen LogP contribution >= 0.6 is 24.8 Å². The second kappa shape index (κ2) is 8.57. The predicted octanol–water partition coefficient (Wildman–Crippen LogP) is 2.74. The maximum Gasteiger partial charge on any atom is 0.270 e. The monoisotopic (exact) mass is 333 g/mol. The van der Waals surface area contributed by atoms with Gasteiger partial charge >= 0.3 is 0 Å². The Hall–Kier alpha value is -0.840. The quantitative estimate of drug-likeness (QED) is 0.894. The highest BCUT2D eigenvalue weighted by atomic mass is 35.5. The van der Waals surface area contributed by atoms with Gasteiger partial charge in [0.1, 0.15) is 5.69 Å². The summed E-state index contributed by atoms with van der Waals surface area (Å²) < 4.78 is 0. The molecule has 1 saturated heterocycles. The van der Waals surface area contributed by atoms with Gasteiger partial charge in [-0.05, 0) is 43.4 Å². The van der Waals surface area contributed by atoms with Crippen LogP contribution in [-0.2, 0) is 0 Å². The second-order valence-electron chi connectivity index (χ2n) is 5.98. The van der Waals surface area contributed by atoms with Crippen molar-refractivity contribution < 1.29 is 4.79 Å². The summed E-state index contributed by atoms with van der Waals surface area (Å²) in [7, 11) is 0. The van der Waals surface area contributed by atoms with Crippen LogP contribution in [0.25, 0.3) is 0 Å². The molecular formula is C15H25Cl2N3O. The Bertz CT molecular complexity index is 466. The third kappa shape index (κ3) is 5.13. The molecule has 0 spiro atoms. The van der Waals surface area contributed by atoms with Crippen molar-refractivity contribution >= 4 is 30.7 Å². The largest absolute Gasteiger partial charge is 0.349 e. The third-order valence-corrected chi connectivity index (χ3v) is 4.02. The van der Waals surface area contributed by atoms with Crippen LogP contribution in [0.3, 0.4) is 0 Å². The Morgan fingerprint density at radius 2 is 2.19 bits per heavy atom. The van der Waals surface area contributed by atoms with E-state index in [0.717, 1.165) is 12.1 Å². The highest BCUT2D eigenvalue weighted by Gasteiger charge is 2.32. The number of hydrogen-bond donors (Lipinski definition) is 2. The van der Waals surface area contributed by atoms with Gasteiger partial charge < -0.3 is 10.6 Å². The number of carbonyl (C=O) groups excluding carboxylic acids is 1. The van der Waals surface area contributed by atoms with Crippen molar-refractivity contribution in [2.24, 2.45) is 5.41 Å². The first-order valence-corrected chi connectivity index (χ1v) is 6.94. The summed E-state index contributed by atoms with van der Waals surface area (Å²) in [5, 5.41) is 6.50. The average Bonchev–Trinajstić information content (AvgIpc) is 2.37. The zero-order chi connectivity index (χ0) is 13.9. The molecule has 1 atom stereocenters. The zero-order valence-corrected chi connectivity index (χ0v) is 14.4. The van der Waals surface area contributed by atoms with Gasteiger partial charge in [0.25, 0.3) is 5.91 Å². The minimum Gasteiger partial charge on any atom is -0.349 e. The Morgan fingerprint density at radius 3 is 2.81 bits per heavy atom. The molecule has 1 aromatic heterocycles. The molecule has 1 aromatic rings. The van der Waals surface area contributed by atoms with E-state index >= 15 is 0 Å². The van der Waals surface area contributed by atoms with Gasteiger partial charge in [-0.25, -0.2) is 0 Å². The summed E-state index contributed by atoms with van der Waals surface area (Å²) in [6.45, 7) is 8.10. The molecule has 0 aliphatic carbocycles. The number of aryl methyl sites for hydroxylation is 1. The number of amides is 1. The van der Waals surface area contributed by atoms with Crippen molar-refractivity contribution in [1.29, 1.82) is 0 Å². The maximum absolute atomic E-state index is 12.1. The molecule has 1 aliphatic rings. The fraction of sp³-hybridized carbons (Fsp3) is 0.600. The number of pyridine rings is 1. The Balaban J connectivity index is 0.00000200. The lowest BCUT2D eigenvalue weighted by molar-refractivity contribution is 0.0923. The molecule has 0 radical (unpaired) electrons. The number of nitrogens with one attached hydrogen (secondary N) is 2. The van der Waals surface area contributed by atoms with Gasteiger partial charge in [-0.3, -0.25) is 9.78 Å². The van der Waals surface area contributed by atoms with Crippen molar-refractivity contribution in [1.82, 2.24) is 15.6 Å². The zero-order valence-electron chi connectivity index (χ0n) is 12.8. The lowest BCUT2D eigenvalue weighted by Crippen LogP contribution is -2.52. The van der Waals surface area contributed by atoms with Crippen molar-refractivity contribution in [3.63, 3.8) is 0 Å². The van der Waals surface area contributed by atoms with Crippen molar-refractivity contribution in [3.05, 3.63) is 29.6 Å². The van der Waals surface area contributed by atoms with Crippen LogP contribution in [0.1, 0.15) is 42.7 Å². The fourth-order valence-electron chi connectivity index (χ4n) is 2.62. The molecule has 0 saturated carbocycles. The summed E-state index contributed by atoms with van der Waals surface area (Å²) in [5.74, 6) is -0.0822. The number of aromatic nitrogens is 1. The van der Waals surface area contributed by atoms with E-state index < -0.39 is 0 Å². The van der Waals surface area contributed by atoms with E-state index in [1.54, 1.807) is 6.20 Å². The van der Waals surface area contributed by atoms with Gasteiger partial charge in [-0.1, -0.05) is 19.9 Å². The van der Waals surface area contributed by atoms with E-state index in [0.29, 0.717) is 18.3 Å². The van der Waals surface area contributed by atoms with Gasteiger partial charge in [0, 0.05) is 18.8 Å². The Morgan fingerprint density at radius 1 is 1.48 bits per heavy atom. The molecule has 4 nitrogen and oxygen atoms in total. The SMILES string of the molecule is Cc1cccnc1C(=O)NCC1NCCCC1(C)C.Cl.Cl. The Kier molecular flexibility index (Phi) is 8.22. The van der Waals surface area contributed by atoms with Gasteiger partial charge in [0.05, 0.1) is 0 Å². The van der Waals surface area contributed by atoms with Gasteiger partial charge in [0.2, 0.25) is 0 Å². The molecule has 0 aromatic carbocycles. The Labute approximate surface area is 139 Å². The van der Waals surface area contributed by atoms with Gasteiger partial charge in [-0.2, -0.15) is 0 Å². The molecule has 1 unspecified atom stereocenters. The highest BCUT2D eigenvalue weighted by molar-refractivity contribution is 5.93. The van der Waals surface area contributed by atoms with Crippen molar-refractivity contribution in [3.8, 4) is 0 Å². The summed E-state index contributed by atoms with van der Waals surface area (Å²) >= 11 is 0. The minimum absolute atomic E-state index is 0. The summed E-state index contributed by atoms with van der Waals surface area (Å²) in [5.41, 5.74) is 1.66. The van der Waals surface area contributed by atoms with Crippen LogP contribution in [0.5, 0.6) is 0 Å². The first-order chi connectivity index (χ1) is 9.00. The number of nitrogens with zero attached hydrogens (tertiary/aromatic N) is 1. The minimum atomic E-state index is -0.0822. The van der Waals surface area contributed by atoms with Crippen LogP contribution in [0.2, 0.25) is 0 Å². The molecule has 21 heavy (non-hydrogen) atoms. The van der Waals surface area contributed by atoms with Crippen LogP contribution in [-0.4, -0.2) is 30.0 Å². The molecule has 6 heteroatoms. The average molecular weight is 334 g/mol. The number of halogens is 2. The van der Waals surface area contributed by atoms with Gasteiger partial charge in [0.15, 0.2) is 0 Å². The van der Waals surface area contributed by atoms with Crippen LogP contribution in [0, 0.1) is 12.3 Å². The van der Waals surface area contributed by atoms with Crippen molar-refractivity contribution in [2.75, 3.05) is 13.1 Å². The molecular weight excluding hydrogens is 309 g/mol. The smallest absolute Gasteiger partial charge is 0.270 e. The normalized spacial score (nSPS) is 19.9. The number of carbonyl (C=O) groups is 1. The molecule has 0 bridgehead atoms. The van der Waals surface area contributed by atoms with E-state index in [2.05, 4.69) is 29.5 Å². The van der Waals surface area contributed by atoms with Crippen LogP contribution < -0.4 is 10.6 Å². The lowest BCUT2D eigenvalue weighted by atomic mass is 9.77. The summed E-state index contributed by atoms with van der Waals surface area (Å²) in [6.07, 6.45) is 4.06. The first kappa shape index (κ1) is 20.2. The second-order valence-corrected chi connectivity index (χ2v) is 5.98. The van der Waals surface area contributed by atoms with Gasteiger partial charge in [-0.15, -0.1) is 24.8 Å². The van der Waals surface area contributed by atoms with Crippen molar-refractivity contribution in [2.45, 2.75) is 39.7 Å². The molecule has 2 heterocycles. The van der Waals surface area contributed by atoms with E-state index in [4.69, 9.17) is 0 Å². The number of rotatable bonds is 3. The topological polar surface area (TPSA) is 54.0 Å². The number of piperidine rings is 1. The first-order valence-electron chi connectivity index (χ1n) is 6.94. The van der Waals surface area contributed by atoms with E-state index in [1.807, 2.05) is 19.1 Å². The standard InChI is InChI=1S/C15H23N3O.2ClH/c1-11-6-4-8-17-13(11)14(19)18-10-12-15(2,3)7-5-9-16-12;;/h4,6,8,12,16H,5,7,9-10H2,1-3H3,(H,18,19);2*1H. The summed E-state index contributed by atoms with van der Waals surface area (Å²) in [4.78, 5) is 16.3. The lowest BCUT2D eigenvalue weighted by Gasteiger charge is -2.39. The highest BCUT2D eigenvalue weighted by Crippen LogP contribution is 2.29. The third-order valence-electron chi connectivity index (χ3n) is 4.02. The molecule has 2 N–H and O–H groups in total. The van der Waals surface area contributed by atoms with E-state index in [9.17, 15) is 4.79 Å². The molecule has 1 aliphatic heterocycles. The summed E-state index contributed by atoms with van der Waals surface area (Å²) in [6, 6.07) is 4.08. The molecule has 2 rings (SSSR count). The maximum atomic E-state index is 12.1. The molecule has 1 amide bonds. The van der Waals surface area contributed by atoms with E-state index in [-0.39, 0.29) is 36.1 Å². The molecule has 120 valence electrons. The van der Waals surface area contributed by atoms with Crippen LogP contribution in [0.4, 0.5) is 0 Å². The number of hydrogen-bond acceptors (Lipinski definition) is 3. The predicted molar refractivity (Wildman–Crippen MR) is 90.6 cm³/mol.